The maximum atomic E-state index is 12.4. The first-order chi connectivity index (χ1) is 14.6. The number of pyridine rings is 1. The fourth-order valence-electron chi connectivity index (χ4n) is 2.83. The van der Waals surface area contributed by atoms with Gasteiger partial charge in [0.2, 0.25) is 0 Å². The second kappa shape index (κ2) is 8.62. The Hall–Kier alpha value is -3.91. The summed E-state index contributed by atoms with van der Waals surface area (Å²) in [6, 6.07) is 16.3. The molecule has 2 aromatic heterocycles. The highest BCUT2D eigenvalue weighted by atomic mass is 32.1. The number of anilines is 1. The number of benzene rings is 2. The van der Waals surface area contributed by atoms with Gasteiger partial charge in [0.25, 0.3) is 0 Å². The normalized spacial score (nSPS) is 11.0. The van der Waals surface area contributed by atoms with Crippen molar-refractivity contribution in [3.8, 4) is 11.3 Å². The predicted molar refractivity (Wildman–Crippen MR) is 116 cm³/mol. The van der Waals surface area contributed by atoms with E-state index in [2.05, 4.69) is 24.6 Å². The van der Waals surface area contributed by atoms with Gasteiger partial charge < -0.3 is 4.74 Å². The van der Waals surface area contributed by atoms with E-state index in [9.17, 15) is 9.59 Å². The zero-order valence-corrected chi connectivity index (χ0v) is 16.7. The smallest absolute Gasteiger partial charge is 0.411 e. The van der Waals surface area contributed by atoms with E-state index >= 15 is 0 Å². The third-order valence-corrected chi connectivity index (χ3v) is 4.88. The Balaban J connectivity index is 1.48. The van der Waals surface area contributed by atoms with E-state index in [0.717, 1.165) is 22.2 Å². The summed E-state index contributed by atoms with van der Waals surface area (Å²) < 4.78 is 8.43. The molecule has 0 saturated carbocycles. The average Bonchev–Trinajstić information content (AvgIpc) is 3.32. The summed E-state index contributed by atoms with van der Waals surface area (Å²) >= 11 is 1.31. The van der Waals surface area contributed by atoms with Crippen LogP contribution in [-0.2, 0) is 4.74 Å². The first-order valence-electron chi connectivity index (χ1n) is 8.98. The number of amides is 1. The molecule has 0 fully saturated rings. The van der Waals surface area contributed by atoms with Gasteiger partial charge in [-0.2, -0.15) is 0 Å². The molecular formula is C22H16N4O3S. The largest absolute Gasteiger partial charge is 0.453 e. The fraction of sp³-hybridized carbons (Fsp3) is 0.0455. The Bertz CT molecular complexity index is 1240. The third-order valence-electron chi connectivity index (χ3n) is 4.37. The summed E-state index contributed by atoms with van der Waals surface area (Å²) in [4.78, 5) is 28.2. The molecule has 0 radical (unpaired) electrons. The lowest BCUT2D eigenvalue weighted by molar-refractivity contribution is 0.104. The van der Waals surface area contributed by atoms with E-state index in [1.807, 2.05) is 35.7 Å². The molecule has 30 heavy (non-hydrogen) atoms. The van der Waals surface area contributed by atoms with Crippen LogP contribution in [0, 0.1) is 0 Å². The Morgan fingerprint density at radius 1 is 1.07 bits per heavy atom. The van der Waals surface area contributed by atoms with E-state index in [1.165, 1.54) is 24.7 Å². The molecule has 2 aromatic carbocycles. The molecule has 0 aliphatic carbocycles. The highest BCUT2D eigenvalue weighted by molar-refractivity contribution is 7.03. The fourth-order valence-corrected chi connectivity index (χ4v) is 3.29. The predicted octanol–water partition coefficient (Wildman–Crippen LogP) is 4.83. The lowest BCUT2D eigenvalue weighted by atomic mass is 10.1. The quantitative estimate of drug-likeness (QED) is 0.370. The summed E-state index contributed by atoms with van der Waals surface area (Å²) in [6.07, 6.45) is 2.60. The summed E-state index contributed by atoms with van der Waals surface area (Å²) in [7, 11) is 1.29. The van der Waals surface area contributed by atoms with Crippen LogP contribution in [0.25, 0.3) is 28.2 Å². The van der Waals surface area contributed by atoms with Crippen LogP contribution in [0.1, 0.15) is 16.1 Å². The molecule has 7 nitrogen and oxygen atoms in total. The van der Waals surface area contributed by atoms with Crippen molar-refractivity contribution >= 4 is 46.1 Å². The Morgan fingerprint density at radius 2 is 1.90 bits per heavy atom. The lowest BCUT2D eigenvalue weighted by Gasteiger charge is -2.04. The third kappa shape index (κ3) is 4.39. The minimum Gasteiger partial charge on any atom is -0.453 e. The number of aromatic nitrogens is 3. The van der Waals surface area contributed by atoms with Crippen LogP contribution >= 0.6 is 11.5 Å². The number of fused-ring (bicyclic) bond motifs is 1. The monoisotopic (exact) mass is 416 g/mol. The van der Waals surface area contributed by atoms with Crippen LogP contribution in [0.4, 0.5) is 10.5 Å². The molecule has 8 heteroatoms. The highest BCUT2D eigenvalue weighted by Gasteiger charge is 2.06. The van der Waals surface area contributed by atoms with Crippen LogP contribution in [0.3, 0.4) is 0 Å². The number of rotatable bonds is 5. The molecule has 0 unspecified atom stereocenters. The maximum absolute atomic E-state index is 12.4. The van der Waals surface area contributed by atoms with Crippen LogP contribution in [0.2, 0.25) is 0 Å². The van der Waals surface area contributed by atoms with Gasteiger partial charge in [0, 0.05) is 27.6 Å². The van der Waals surface area contributed by atoms with E-state index in [4.69, 9.17) is 0 Å². The first-order valence-corrected chi connectivity index (χ1v) is 9.82. The molecule has 0 spiro atoms. The number of methoxy groups -OCH3 is 1. The van der Waals surface area contributed by atoms with Gasteiger partial charge in [-0.15, -0.1) is 5.10 Å². The van der Waals surface area contributed by atoms with Gasteiger partial charge in [0.05, 0.1) is 18.3 Å². The van der Waals surface area contributed by atoms with E-state index in [1.54, 1.807) is 30.3 Å². The molecule has 0 aliphatic rings. The number of ether oxygens (including phenoxy) is 1. The van der Waals surface area contributed by atoms with Crippen molar-refractivity contribution in [2.24, 2.45) is 0 Å². The van der Waals surface area contributed by atoms with Crippen molar-refractivity contribution in [1.29, 1.82) is 0 Å². The Labute approximate surface area is 176 Å². The van der Waals surface area contributed by atoms with Crippen molar-refractivity contribution in [3.05, 3.63) is 77.3 Å². The number of carbonyl (C=O) groups is 2. The molecule has 148 valence electrons. The van der Waals surface area contributed by atoms with Crippen molar-refractivity contribution in [2.75, 3.05) is 12.4 Å². The molecule has 4 aromatic rings. The van der Waals surface area contributed by atoms with Gasteiger partial charge in [-0.05, 0) is 66.1 Å². The van der Waals surface area contributed by atoms with Gasteiger partial charge in [-0.1, -0.05) is 16.6 Å². The first kappa shape index (κ1) is 19.4. The molecule has 4 rings (SSSR count). The van der Waals surface area contributed by atoms with Crippen molar-refractivity contribution in [3.63, 3.8) is 0 Å². The van der Waals surface area contributed by atoms with Crippen molar-refractivity contribution in [1.82, 2.24) is 14.6 Å². The van der Waals surface area contributed by atoms with E-state index < -0.39 is 6.09 Å². The highest BCUT2D eigenvalue weighted by Crippen LogP contribution is 2.23. The van der Waals surface area contributed by atoms with Gasteiger partial charge in [-0.25, -0.2) is 9.78 Å². The molecular weight excluding hydrogens is 400 g/mol. The number of nitrogens with zero attached hydrogens (tertiary/aromatic N) is 3. The maximum Gasteiger partial charge on any atom is 0.411 e. The average molecular weight is 416 g/mol. The zero-order chi connectivity index (χ0) is 20.9. The van der Waals surface area contributed by atoms with E-state index in [0.29, 0.717) is 16.9 Å². The van der Waals surface area contributed by atoms with Crippen LogP contribution in [-0.4, -0.2) is 33.6 Å². The summed E-state index contributed by atoms with van der Waals surface area (Å²) in [6.45, 7) is 0. The SMILES string of the molecule is COC(=O)Nc1ccc(C(=O)/C=C/c2ccc3cc(-c4csnn4)ccc3n2)cc1. The van der Waals surface area contributed by atoms with Crippen LogP contribution < -0.4 is 5.32 Å². The minimum absolute atomic E-state index is 0.159. The molecule has 0 atom stereocenters. The number of allylic oxidation sites excluding steroid dienone is 1. The van der Waals surface area contributed by atoms with Gasteiger partial charge in [0.1, 0.15) is 5.69 Å². The molecule has 0 bridgehead atoms. The molecule has 0 saturated heterocycles. The topological polar surface area (TPSA) is 94.1 Å². The zero-order valence-electron chi connectivity index (χ0n) is 15.9. The standard InChI is InChI=1S/C22H16N4O3S/c1-29-22(28)24-18-6-2-14(3-7-18)21(27)11-9-17-8-4-15-12-16(5-10-19(15)23-17)20-13-30-26-25-20/h2-13H,1H3,(H,24,28)/b11-9+. The van der Waals surface area contributed by atoms with Crippen molar-refractivity contribution < 1.29 is 14.3 Å². The van der Waals surface area contributed by atoms with E-state index in [-0.39, 0.29) is 5.78 Å². The summed E-state index contributed by atoms with van der Waals surface area (Å²) in [5.41, 5.74) is 4.39. The second-order valence-corrected chi connectivity index (χ2v) is 6.94. The minimum atomic E-state index is -0.563. The number of carbonyl (C=O) groups excluding carboxylic acids is 2. The number of ketones is 1. The Morgan fingerprint density at radius 3 is 2.63 bits per heavy atom. The van der Waals surface area contributed by atoms with Gasteiger partial charge >= 0.3 is 6.09 Å². The summed E-state index contributed by atoms with van der Waals surface area (Å²) in [5, 5.41) is 9.51. The number of hydrogen-bond acceptors (Lipinski definition) is 7. The lowest BCUT2D eigenvalue weighted by Crippen LogP contribution is -2.10. The van der Waals surface area contributed by atoms with Crippen LogP contribution in [0.15, 0.2) is 66.1 Å². The van der Waals surface area contributed by atoms with Gasteiger partial charge in [0.15, 0.2) is 5.78 Å². The number of nitrogens with one attached hydrogen (secondary N) is 1. The molecule has 2 heterocycles. The van der Waals surface area contributed by atoms with Crippen LogP contribution in [0.5, 0.6) is 0 Å². The van der Waals surface area contributed by atoms with Crippen molar-refractivity contribution in [2.45, 2.75) is 0 Å². The second-order valence-electron chi connectivity index (χ2n) is 6.33. The molecule has 1 N–H and O–H groups in total. The van der Waals surface area contributed by atoms with Gasteiger partial charge in [-0.3, -0.25) is 10.1 Å². The molecule has 1 amide bonds. The summed E-state index contributed by atoms with van der Waals surface area (Å²) in [5.74, 6) is -0.159. The molecule has 0 aliphatic heterocycles. The number of hydrogen-bond donors (Lipinski definition) is 1. The Kier molecular flexibility index (Phi) is 5.58.